The van der Waals surface area contributed by atoms with Gasteiger partial charge in [-0.2, -0.15) is 0 Å². The fourth-order valence-electron chi connectivity index (χ4n) is 3.24. The first kappa shape index (κ1) is 21.3. The number of carbonyl (C=O) groups excluding carboxylic acids is 1. The molecule has 0 aliphatic carbocycles. The van der Waals surface area contributed by atoms with Gasteiger partial charge in [-0.05, 0) is 31.0 Å². The number of nitrogens with zero attached hydrogens (tertiary/aromatic N) is 5. The van der Waals surface area contributed by atoms with E-state index < -0.39 is 5.91 Å². The van der Waals surface area contributed by atoms with E-state index in [1.165, 1.54) is 14.8 Å². The SMILES string of the molecule is CCC(=O)OC1(N2CON(c3cc(Cl)ccc3-n3cc(Cl)nn3)CO2)CCCCO1. The predicted octanol–water partition coefficient (Wildman–Crippen LogP) is 3.28. The predicted molar refractivity (Wildman–Crippen MR) is 107 cm³/mol. The number of aromatic nitrogens is 3. The quantitative estimate of drug-likeness (QED) is 0.626. The van der Waals surface area contributed by atoms with Crippen molar-refractivity contribution in [3.05, 3.63) is 34.6 Å². The van der Waals surface area contributed by atoms with Gasteiger partial charge in [-0.15, -0.1) is 5.10 Å². The lowest BCUT2D eigenvalue weighted by Crippen LogP contribution is -2.59. The van der Waals surface area contributed by atoms with Crippen LogP contribution in [0.2, 0.25) is 10.2 Å². The fraction of sp³-hybridized carbons (Fsp3) is 0.500. The Labute approximate surface area is 183 Å². The molecule has 1 aromatic carbocycles. The Balaban J connectivity index is 1.53. The van der Waals surface area contributed by atoms with Gasteiger partial charge in [-0.3, -0.25) is 14.5 Å². The van der Waals surface area contributed by atoms with E-state index in [0.717, 1.165) is 12.8 Å². The number of hydroxylamine groups is 3. The van der Waals surface area contributed by atoms with Crippen molar-refractivity contribution in [2.24, 2.45) is 0 Å². The molecule has 0 saturated carbocycles. The molecule has 12 heteroatoms. The fourth-order valence-corrected chi connectivity index (χ4v) is 3.53. The molecule has 3 heterocycles. The van der Waals surface area contributed by atoms with Gasteiger partial charge in [0.2, 0.25) is 0 Å². The normalized spacial score (nSPS) is 22.8. The molecule has 2 aliphatic rings. The second kappa shape index (κ2) is 9.04. The van der Waals surface area contributed by atoms with Gasteiger partial charge in [-0.1, -0.05) is 40.4 Å². The summed E-state index contributed by atoms with van der Waals surface area (Å²) in [5.74, 6) is -1.67. The maximum Gasteiger partial charge on any atom is 0.309 e. The molecule has 4 rings (SSSR count). The highest BCUT2D eigenvalue weighted by Gasteiger charge is 2.47. The summed E-state index contributed by atoms with van der Waals surface area (Å²) in [5.41, 5.74) is 1.25. The molecule has 0 radical (unpaired) electrons. The van der Waals surface area contributed by atoms with Crippen molar-refractivity contribution in [1.82, 2.24) is 20.1 Å². The molecule has 0 spiro atoms. The molecular weight excluding hydrogens is 437 g/mol. The highest BCUT2D eigenvalue weighted by molar-refractivity contribution is 6.31. The zero-order valence-corrected chi connectivity index (χ0v) is 17.8. The molecule has 2 fully saturated rings. The van der Waals surface area contributed by atoms with Crippen LogP contribution >= 0.6 is 23.2 Å². The zero-order chi connectivity index (χ0) is 21.1. The summed E-state index contributed by atoms with van der Waals surface area (Å²) in [6.45, 7) is 2.17. The van der Waals surface area contributed by atoms with E-state index in [9.17, 15) is 4.79 Å². The van der Waals surface area contributed by atoms with Crippen molar-refractivity contribution in [1.29, 1.82) is 0 Å². The van der Waals surface area contributed by atoms with E-state index in [2.05, 4.69) is 10.3 Å². The first-order chi connectivity index (χ1) is 14.5. The summed E-state index contributed by atoms with van der Waals surface area (Å²) >= 11 is 12.1. The number of hydrogen-bond acceptors (Lipinski definition) is 9. The number of rotatable bonds is 5. The lowest BCUT2D eigenvalue weighted by molar-refractivity contribution is -0.437. The maximum atomic E-state index is 12.0. The van der Waals surface area contributed by atoms with Crippen molar-refractivity contribution in [2.45, 2.75) is 38.5 Å². The summed E-state index contributed by atoms with van der Waals surface area (Å²) in [6.07, 6.45) is 4.02. The molecule has 0 bridgehead atoms. The van der Waals surface area contributed by atoms with Crippen LogP contribution in [0.5, 0.6) is 0 Å². The largest absolute Gasteiger partial charge is 0.416 e. The van der Waals surface area contributed by atoms with Gasteiger partial charge < -0.3 is 9.47 Å². The van der Waals surface area contributed by atoms with E-state index in [1.807, 2.05) is 0 Å². The first-order valence-corrected chi connectivity index (χ1v) is 10.3. The minimum Gasteiger partial charge on any atom is -0.416 e. The van der Waals surface area contributed by atoms with E-state index in [0.29, 0.717) is 29.4 Å². The topological polar surface area (TPSA) is 91.2 Å². The molecular formula is C18H21Cl2N5O5. The van der Waals surface area contributed by atoms with Crippen molar-refractivity contribution < 1.29 is 23.9 Å². The Morgan fingerprint density at radius 3 is 2.73 bits per heavy atom. The molecule has 2 saturated heterocycles. The minimum absolute atomic E-state index is 0.00452. The number of carbonyl (C=O) groups is 1. The van der Waals surface area contributed by atoms with Crippen molar-refractivity contribution in [3.8, 4) is 5.69 Å². The summed E-state index contributed by atoms with van der Waals surface area (Å²) in [6, 6.07) is 5.21. The summed E-state index contributed by atoms with van der Waals surface area (Å²) < 4.78 is 13.0. The summed E-state index contributed by atoms with van der Waals surface area (Å²) in [7, 11) is 0. The molecule has 0 N–H and O–H groups in total. The van der Waals surface area contributed by atoms with Crippen molar-refractivity contribution in [2.75, 3.05) is 25.1 Å². The second-order valence-electron chi connectivity index (χ2n) is 6.74. The zero-order valence-electron chi connectivity index (χ0n) is 16.3. The van der Waals surface area contributed by atoms with Crippen molar-refractivity contribution >= 4 is 34.9 Å². The van der Waals surface area contributed by atoms with Crippen molar-refractivity contribution in [3.63, 3.8) is 0 Å². The second-order valence-corrected chi connectivity index (χ2v) is 7.56. The third kappa shape index (κ3) is 4.39. The smallest absolute Gasteiger partial charge is 0.309 e. The third-order valence-corrected chi connectivity index (χ3v) is 5.14. The Morgan fingerprint density at radius 1 is 1.23 bits per heavy atom. The molecule has 1 aromatic heterocycles. The average molecular weight is 458 g/mol. The first-order valence-electron chi connectivity index (χ1n) is 9.55. The lowest BCUT2D eigenvalue weighted by atomic mass is 10.1. The third-order valence-electron chi connectivity index (χ3n) is 4.74. The van der Waals surface area contributed by atoms with E-state index in [1.54, 1.807) is 31.3 Å². The van der Waals surface area contributed by atoms with Gasteiger partial charge >= 0.3 is 5.97 Å². The van der Waals surface area contributed by atoms with Crippen LogP contribution < -0.4 is 5.06 Å². The summed E-state index contributed by atoms with van der Waals surface area (Å²) in [4.78, 5) is 23.8. The lowest BCUT2D eigenvalue weighted by Gasteiger charge is -2.45. The standard InChI is InChI=1S/C18H21Cl2N5O5/c1-2-17(26)30-18(7-3-4-8-27-18)25-12-28-24(11-29-25)15-9-13(19)5-6-14(15)23-10-16(20)21-22-23/h5-6,9-10H,2-4,7-8,11-12H2,1H3. The number of benzene rings is 1. The Kier molecular flexibility index (Phi) is 6.42. The highest BCUT2D eigenvalue weighted by Crippen LogP contribution is 2.35. The number of anilines is 1. The van der Waals surface area contributed by atoms with Gasteiger partial charge in [0.1, 0.15) is 0 Å². The van der Waals surface area contributed by atoms with Gasteiger partial charge in [0.05, 0.1) is 24.2 Å². The number of esters is 1. The van der Waals surface area contributed by atoms with E-state index in [-0.39, 0.29) is 31.0 Å². The Morgan fingerprint density at radius 2 is 2.10 bits per heavy atom. The molecule has 1 atom stereocenters. The molecule has 0 amide bonds. The van der Waals surface area contributed by atoms with Crippen LogP contribution in [0.3, 0.4) is 0 Å². The van der Waals surface area contributed by atoms with Crippen LogP contribution in [0.4, 0.5) is 5.69 Å². The maximum absolute atomic E-state index is 12.0. The monoisotopic (exact) mass is 457 g/mol. The van der Waals surface area contributed by atoms with Gasteiger partial charge in [0.15, 0.2) is 18.6 Å². The molecule has 2 aromatic rings. The molecule has 10 nitrogen and oxygen atoms in total. The van der Waals surface area contributed by atoms with Crippen LogP contribution in [-0.4, -0.2) is 52.0 Å². The molecule has 1 unspecified atom stereocenters. The molecule has 2 aliphatic heterocycles. The van der Waals surface area contributed by atoms with Crippen LogP contribution in [0.15, 0.2) is 24.4 Å². The number of hydrogen-bond donors (Lipinski definition) is 0. The van der Waals surface area contributed by atoms with Crippen LogP contribution in [0.25, 0.3) is 5.69 Å². The number of ether oxygens (including phenoxy) is 2. The Hall–Kier alpha value is -1.95. The van der Waals surface area contributed by atoms with Gasteiger partial charge in [-0.25, -0.2) is 9.75 Å². The van der Waals surface area contributed by atoms with Crippen LogP contribution in [0.1, 0.15) is 32.6 Å². The average Bonchev–Trinajstić information content (AvgIpc) is 3.20. The highest BCUT2D eigenvalue weighted by atomic mass is 35.5. The Bertz CT molecular complexity index is 897. The van der Waals surface area contributed by atoms with Crippen LogP contribution in [-0.2, 0) is 23.9 Å². The number of halogens is 2. The van der Waals surface area contributed by atoms with Gasteiger partial charge in [0.25, 0.3) is 5.91 Å². The molecule has 162 valence electrons. The van der Waals surface area contributed by atoms with E-state index >= 15 is 0 Å². The molecule has 30 heavy (non-hydrogen) atoms. The van der Waals surface area contributed by atoms with E-state index in [4.69, 9.17) is 42.4 Å². The summed E-state index contributed by atoms with van der Waals surface area (Å²) in [5, 5.41) is 11.5. The van der Waals surface area contributed by atoms with Crippen LogP contribution in [0, 0.1) is 0 Å². The minimum atomic E-state index is -1.30. The van der Waals surface area contributed by atoms with Gasteiger partial charge in [0, 0.05) is 17.9 Å².